The van der Waals surface area contributed by atoms with Gasteiger partial charge in [-0.2, -0.15) is 5.10 Å². The minimum atomic E-state index is -0.0816. The lowest BCUT2D eigenvalue weighted by Gasteiger charge is -2.05. The molecular formula is C16H22N4O. The third-order valence-electron chi connectivity index (χ3n) is 3.46. The maximum absolute atomic E-state index is 12.0. The molecule has 1 atom stereocenters. The summed E-state index contributed by atoms with van der Waals surface area (Å²) in [7, 11) is 0. The number of aromatic amines is 1. The Kier molecular flexibility index (Phi) is 5.09. The van der Waals surface area contributed by atoms with Crippen molar-refractivity contribution in [3.05, 3.63) is 41.3 Å². The largest absolute Gasteiger partial charge is 0.309 e. The Balaban J connectivity index is 1.92. The highest BCUT2D eigenvalue weighted by atomic mass is 16.1. The maximum Gasteiger partial charge on any atom is 0.230 e. The fourth-order valence-electron chi connectivity index (χ4n) is 2.22. The van der Waals surface area contributed by atoms with E-state index in [4.69, 9.17) is 0 Å². The Morgan fingerprint density at radius 2 is 2.24 bits per heavy atom. The summed E-state index contributed by atoms with van der Waals surface area (Å²) in [5.41, 5.74) is 2.90. The number of anilines is 1. The molecule has 0 aliphatic heterocycles. The molecule has 2 heterocycles. The Labute approximate surface area is 125 Å². The number of nitrogens with zero attached hydrogens (tertiary/aromatic N) is 2. The van der Waals surface area contributed by atoms with Gasteiger partial charge in [0, 0.05) is 23.7 Å². The van der Waals surface area contributed by atoms with Gasteiger partial charge < -0.3 is 5.32 Å². The van der Waals surface area contributed by atoms with Crippen LogP contribution in [0.4, 0.5) is 5.82 Å². The fraction of sp³-hybridized carbons (Fsp3) is 0.438. The van der Waals surface area contributed by atoms with Crippen LogP contribution in [0.25, 0.3) is 0 Å². The van der Waals surface area contributed by atoms with E-state index in [0.717, 1.165) is 29.8 Å². The summed E-state index contributed by atoms with van der Waals surface area (Å²) in [6.45, 7) is 6.23. The van der Waals surface area contributed by atoms with Crippen molar-refractivity contribution in [3.63, 3.8) is 0 Å². The second kappa shape index (κ2) is 7.02. The number of aryl methyl sites for hydroxylation is 1. The van der Waals surface area contributed by atoms with E-state index < -0.39 is 0 Å². The zero-order chi connectivity index (χ0) is 15.2. The fourth-order valence-corrected chi connectivity index (χ4v) is 2.22. The number of amides is 1. The second-order valence-corrected chi connectivity index (χ2v) is 5.43. The van der Waals surface area contributed by atoms with Gasteiger partial charge in [-0.15, -0.1) is 0 Å². The van der Waals surface area contributed by atoms with Crippen molar-refractivity contribution in [1.82, 2.24) is 15.2 Å². The van der Waals surface area contributed by atoms with E-state index in [1.807, 2.05) is 25.1 Å². The number of nitrogens with one attached hydrogen (secondary N) is 2. The third-order valence-corrected chi connectivity index (χ3v) is 3.46. The molecule has 0 fully saturated rings. The molecule has 5 nitrogen and oxygen atoms in total. The van der Waals surface area contributed by atoms with Gasteiger partial charge in [0.1, 0.15) is 0 Å². The van der Waals surface area contributed by atoms with E-state index in [9.17, 15) is 4.79 Å². The normalized spacial score (nSPS) is 12.1. The first-order valence-electron chi connectivity index (χ1n) is 7.35. The summed E-state index contributed by atoms with van der Waals surface area (Å²) in [6, 6.07) is 5.73. The van der Waals surface area contributed by atoms with E-state index in [1.165, 1.54) is 0 Å². The van der Waals surface area contributed by atoms with Crippen LogP contribution in [0.15, 0.2) is 24.4 Å². The summed E-state index contributed by atoms with van der Waals surface area (Å²) in [6.07, 6.45) is 4.26. The first kappa shape index (κ1) is 15.2. The SMILES string of the molecule is CCC[C@H](C)c1cc(NC(=O)Cc2ccc(C)nc2)n[nH]1. The van der Waals surface area contributed by atoms with Crippen molar-refractivity contribution in [2.24, 2.45) is 0 Å². The molecule has 112 valence electrons. The topological polar surface area (TPSA) is 70.7 Å². The summed E-state index contributed by atoms with van der Waals surface area (Å²) >= 11 is 0. The van der Waals surface area contributed by atoms with Crippen molar-refractivity contribution >= 4 is 11.7 Å². The van der Waals surface area contributed by atoms with Crippen LogP contribution in [0.2, 0.25) is 0 Å². The molecule has 1 amide bonds. The smallest absolute Gasteiger partial charge is 0.230 e. The standard InChI is InChI=1S/C16H22N4O/c1-4-5-11(2)14-9-15(20-19-14)18-16(21)8-13-7-6-12(3)17-10-13/h6-7,9-11H,4-5,8H2,1-3H3,(H2,18,19,20,21)/t11-/m0/s1. The quantitative estimate of drug-likeness (QED) is 0.856. The van der Waals surface area contributed by atoms with Gasteiger partial charge in [-0.1, -0.05) is 26.3 Å². The third kappa shape index (κ3) is 4.41. The molecule has 5 heteroatoms. The van der Waals surface area contributed by atoms with Crippen LogP contribution in [-0.4, -0.2) is 21.1 Å². The van der Waals surface area contributed by atoms with Gasteiger partial charge in [0.25, 0.3) is 0 Å². The van der Waals surface area contributed by atoms with Gasteiger partial charge in [-0.25, -0.2) is 0 Å². The number of hydrogen-bond donors (Lipinski definition) is 2. The molecule has 21 heavy (non-hydrogen) atoms. The number of carbonyl (C=O) groups excluding carboxylic acids is 1. The van der Waals surface area contributed by atoms with Crippen LogP contribution in [0.5, 0.6) is 0 Å². The Bertz CT molecular complexity index is 589. The molecule has 0 saturated carbocycles. The molecule has 2 aromatic rings. The second-order valence-electron chi connectivity index (χ2n) is 5.43. The first-order chi connectivity index (χ1) is 10.1. The van der Waals surface area contributed by atoms with Crippen molar-refractivity contribution < 1.29 is 4.79 Å². The minimum absolute atomic E-state index is 0.0816. The van der Waals surface area contributed by atoms with Crippen LogP contribution in [0, 0.1) is 6.92 Å². The number of hydrogen-bond acceptors (Lipinski definition) is 3. The number of aromatic nitrogens is 3. The summed E-state index contributed by atoms with van der Waals surface area (Å²) in [4.78, 5) is 16.2. The predicted octanol–water partition coefficient (Wildman–Crippen LogP) is 3.20. The van der Waals surface area contributed by atoms with E-state index in [1.54, 1.807) is 6.20 Å². The van der Waals surface area contributed by atoms with Gasteiger partial charge in [0.2, 0.25) is 5.91 Å². The molecule has 0 aromatic carbocycles. The van der Waals surface area contributed by atoms with Gasteiger partial charge in [-0.3, -0.25) is 14.9 Å². The number of rotatable bonds is 6. The lowest BCUT2D eigenvalue weighted by molar-refractivity contribution is -0.115. The molecule has 2 rings (SSSR count). The average molecular weight is 286 g/mol. The lowest BCUT2D eigenvalue weighted by atomic mass is 10.0. The van der Waals surface area contributed by atoms with E-state index in [0.29, 0.717) is 18.2 Å². The molecule has 0 aliphatic rings. The van der Waals surface area contributed by atoms with Crippen LogP contribution >= 0.6 is 0 Å². The van der Waals surface area contributed by atoms with Gasteiger partial charge in [-0.05, 0) is 30.9 Å². The van der Waals surface area contributed by atoms with Crippen molar-refractivity contribution in [1.29, 1.82) is 0 Å². The minimum Gasteiger partial charge on any atom is -0.309 e. The highest BCUT2D eigenvalue weighted by Crippen LogP contribution is 2.20. The van der Waals surface area contributed by atoms with Gasteiger partial charge in [0.05, 0.1) is 6.42 Å². The number of H-pyrrole nitrogens is 1. The van der Waals surface area contributed by atoms with Gasteiger partial charge >= 0.3 is 0 Å². The lowest BCUT2D eigenvalue weighted by Crippen LogP contribution is -2.14. The molecule has 2 aromatic heterocycles. The van der Waals surface area contributed by atoms with Crippen LogP contribution in [0.3, 0.4) is 0 Å². The molecule has 0 radical (unpaired) electrons. The number of pyridine rings is 1. The Morgan fingerprint density at radius 3 is 2.90 bits per heavy atom. The Hall–Kier alpha value is -2.17. The van der Waals surface area contributed by atoms with E-state index in [2.05, 4.69) is 34.3 Å². The summed E-state index contributed by atoms with van der Waals surface area (Å²) in [5, 5.41) is 9.95. The molecule has 0 unspecified atom stereocenters. The van der Waals surface area contributed by atoms with Crippen molar-refractivity contribution in [3.8, 4) is 0 Å². The van der Waals surface area contributed by atoms with Crippen LogP contribution in [-0.2, 0) is 11.2 Å². The highest BCUT2D eigenvalue weighted by molar-refractivity contribution is 5.91. The molecule has 0 saturated heterocycles. The predicted molar refractivity (Wildman–Crippen MR) is 83.2 cm³/mol. The van der Waals surface area contributed by atoms with Crippen molar-refractivity contribution in [2.45, 2.75) is 46.0 Å². The maximum atomic E-state index is 12.0. The zero-order valence-corrected chi connectivity index (χ0v) is 12.8. The summed E-state index contributed by atoms with van der Waals surface area (Å²) in [5.74, 6) is 0.925. The molecule has 0 bridgehead atoms. The average Bonchev–Trinajstić information content (AvgIpc) is 2.90. The van der Waals surface area contributed by atoms with E-state index in [-0.39, 0.29) is 5.91 Å². The summed E-state index contributed by atoms with van der Waals surface area (Å²) < 4.78 is 0. The zero-order valence-electron chi connectivity index (χ0n) is 12.8. The van der Waals surface area contributed by atoms with Gasteiger partial charge in [0.15, 0.2) is 5.82 Å². The van der Waals surface area contributed by atoms with Crippen LogP contribution < -0.4 is 5.32 Å². The Morgan fingerprint density at radius 1 is 1.43 bits per heavy atom. The monoisotopic (exact) mass is 286 g/mol. The van der Waals surface area contributed by atoms with Crippen LogP contribution in [0.1, 0.15) is 49.6 Å². The highest BCUT2D eigenvalue weighted by Gasteiger charge is 2.11. The number of carbonyl (C=O) groups is 1. The molecule has 0 spiro atoms. The molecule has 0 aliphatic carbocycles. The van der Waals surface area contributed by atoms with E-state index >= 15 is 0 Å². The molecule has 2 N–H and O–H groups in total. The first-order valence-corrected chi connectivity index (χ1v) is 7.35. The molecular weight excluding hydrogens is 264 g/mol. The van der Waals surface area contributed by atoms with Crippen molar-refractivity contribution in [2.75, 3.05) is 5.32 Å².